The molecule has 0 radical (unpaired) electrons. The number of anilines is 1. The van der Waals surface area contributed by atoms with Gasteiger partial charge in [-0.25, -0.2) is 0 Å². The van der Waals surface area contributed by atoms with E-state index in [1.54, 1.807) is 7.11 Å². The summed E-state index contributed by atoms with van der Waals surface area (Å²) in [5.41, 5.74) is 4.13. The quantitative estimate of drug-likeness (QED) is 0.171. The molecule has 3 aromatic rings. The minimum absolute atomic E-state index is 0.377. The molecule has 2 N–H and O–H groups in total. The predicted molar refractivity (Wildman–Crippen MR) is 131 cm³/mol. The second kappa shape index (κ2) is 11.9. The molecule has 0 aliphatic rings. The van der Waals surface area contributed by atoms with Crippen LogP contribution in [0.1, 0.15) is 25.3 Å². The number of carbonyl (C=O) groups excluding carboxylic acids is 1. The summed E-state index contributed by atoms with van der Waals surface area (Å²) in [5.74, 6) is 1.22. The Morgan fingerprint density at radius 2 is 1.88 bits per heavy atom. The first-order valence-corrected chi connectivity index (χ1v) is 11.4. The van der Waals surface area contributed by atoms with Crippen molar-refractivity contribution in [3.05, 3.63) is 72.4 Å². The number of ether oxygens (including phenoxy) is 1. The number of hydrogen-bond acceptors (Lipinski definition) is 6. The molecule has 0 saturated carbocycles. The van der Waals surface area contributed by atoms with E-state index in [4.69, 9.17) is 10.1 Å². The van der Waals surface area contributed by atoms with E-state index in [0.717, 1.165) is 46.8 Å². The summed E-state index contributed by atoms with van der Waals surface area (Å²) in [6.45, 7) is 2.41. The number of pyridine rings is 1. The Morgan fingerprint density at radius 3 is 2.47 bits per heavy atom. The van der Waals surface area contributed by atoms with Crippen molar-refractivity contribution >= 4 is 29.9 Å². The lowest BCUT2D eigenvalue weighted by atomic mass is 10.0. The van der Waals surface area contributed by atoms with E-state index >= 15 is 0 Å². The Hall–Kier alpha value is -3.32. The van der Waals surface area contributed by atoms with Crippen molar-refractivity contribution < 1.29 is 9.53 Å². The van der Waals surface area contributed by atoms with Crippen molar-refractivity contribution in [2.45, 2.75) is 31.1 Å². The lowest BCUT2D eigenvalue weighted by Crippen LogP contribution is -2.28. The summed E-state index contributed by atoms with van der Waals surface area (Å²) >= 11 is 1.53. The molecule has 0 unspecified atom stereocenters. The topological polar surface area (TPSA) is 78.3 Å². The Bertz CT molecular complexity index is 1010. The van der Waals surface area contributed by atoms with E-state index in [0.29, 0.717) is 18.8 Å². The fourth-order valence-corrected chi connectivity index (χ4v) is 3.79. The van der Waals surface area contributed by atoms with Gasteiger partial charge in [0.15, 0.2) is 0 Å². The minimum atomic E-state index is 0.377. The summed E-state index contributed by atoms with van der Waals surface area (Å²) in [6, 6.07) is 20.3. The third-order valence-electron chi connectivity index (χ3n) is 5.05. The molecule has 0 bridgehead atoms. The number of amides is 1. The Balaban J connectivity index is 1.50. The van der Waals surface area contributed by atoms with Crippen LogP contribution in [0.3, 0.4) is 0 Å². The van der Waals surface area contributed by atoms with Crippen molar-refractivity contribution in [1.29, 1.82) is 5.41 Å². The van der Waals surface area contributed by atoms with Crippen LogP contribution in [0.15, 0.2) is 71.8 Å². The molecular weight excluding hydrogens is 420 g/mol. The summed E-state index contributed by atoms with van der Waals surface area (Å²) in [4.78, 5) is 18.0. The maximum Gasteiger partial charge on any atom is 0.215 e. The van der Waals surface area contributed by atoms with Crippen LogP contribution < -0.4 is 9.46 Å². The van der Waals surface area contributed by atoms with Gasteiger partial charge in [-0.05, 0) is 73.7 Å². The fourth-order valence-electron chi connectivity index (χ4n) is 3.16. The molecular formula is C25H28N4O2S. The molecule has 1 aromatic heterocycles. The molecule has 0 aliphatic heterocycles. The van der Waals surface area contributed by atoms with Gasteiger partial charge in [0.25, 0.3) is 0 Å². The second-order valence-electron chi connectivity index (χ2n) is 7.20. The van der Waals surface area contributed by atoms with E-state index < -0.39 is 0 Å². The fraction of sp³-hybridized carbons (Fsp3) is 0.240. The zero-order valence-electron chi connectivity index (χ0n) is 18.4. The van der Waals surface area contributed by atoms with E-state index in [1.807, 2.05) is 49.5 Å². The molecule has 2 aromatic carbocycles. The molecule has 0 saturated heterocycles. The zero-order valence-corrected chi connectivity index (χ0v) is 19.2. The standard InChI is InChI=1S/C25H28N4O2S/c1-3-29(18-30)25(26)6-4-5-19-7-9-20(10-8-19)24-16-11-21(17-27-24)28-32-23-14-12-22(31-2)13-15-23/h7-18,26,28H,3-6H2,1-2H3. The molecule has 0 fully saturated rings. The normalized spacial score (nSPS) is 10.4. The maximum atomic E-state index is 10.9. The van der Waals surface area contributed by atoms with Crippen LogP contribution in [0.4, 0.5) is 5.69 Å². The number of benzene rings is 2. The van der Waals surface area contributed by atoms with Crippen molar-refractivity contribution in [2.75, 3.05) is 18.4 Å². The summed E-state index contributed by atoms with van der Waals surface area (Å²) in [7, 11) is 1.66. The smallest absolute Gasteiger partial charge is 0.215 e. The van der Waals surface area contributed by atoms with E-state index in [9.17, 15) is 4.79 Å². The highest BCUT2D eigenvalue weighted by Gasteiger charge is 2.06. The number of nitrogens with one attached hydrogen (secondary N) is 2. The average molecular weight is 449 g/mol. The van der Waals surface area contributed by atoms with E-state index in [-0.39, 0.29) is 0 Å². The molecule has 1 heterocycles. The Kier molecular flexibility index (Phi) is 8.69. The zero-order chi connectivity index (χ0) is 22.8. The van der Waals surface area contributed by atoms with Crippen molar-refractivity contribution in [3.63, 3.8) is 0 Å². The average Bonchev–Trinajstić information content (AvgIpc) is 2.84. The van der Waals surface area contributed by atoms with Gasteiger partial charge in [0.05, 0.1) is 24.7 Å². The highest BCUT2D eigenvalue weighted by atomic mass is 32.2. The van der Waals surface area contributed by atoms with Gasteiger partial charge in [-0.2, -0.15) is 0 Å². The van der Waals surface area contributed by atoms with Crippen LogP contribution in [0.5, 0.6) is 5.75 Å². The van der Waals surface area contributed by atoms with Crippen molar-refractivity contribution in [3.8, 4) is 17.0 Å². The van der Waals surface area contributed by atoms with Gasteiger partial charge in [0, 0.05) is 23.4 Å². The van der Waals surface area contributed by atoms with Gasteiger partial charge in [-0.15, -0.1) is 0 Å². The molecule has 0 spiro atoms. The predicted octanol–water partition coefficient (Wildman–Crippen LogP) is 5.65. The van der Waals surface area contributed by atoms with Gasteiger partial charge in [0.2, 0.25) is 6.41 Å². The number of carbonyl (C=O) groups is 1. The molecule has 0 aliphatic carbocycles. The number of amidine groups is 1. The summed E-state index contributed by atoms with van der Waals surface area (Å²) < 4.78 is 8.48. The second-order valence-corrected chi connectivity index (χ2v) is 8.08. The highest BCUT2D eigenvalue weighted by Crippen LogP contribution is 2.25. The monoisotopic (exact) mass is 448 g/mol. The van der Waals surface area contributed by atoms with Crippen LogP contribution in [-0.4, -0.2) is 35.8 Å². The third kappa shape index (κ3) is 6.59. The van der Waals surface area contributed by atoms with Crippen LogP contribution >= 0.6 is 11.9 Å². The molecule has 1 amide bonds. The Morgan fingerprint density at radius 1 is 1.12 bits per heavy atom. The van der Waals surface area contributed by atoms with Crippen LogP contribution in [-0.2, 0) is 11.2 Å². The van der Waals surface area contributed by atoms with Crippen LogP contribution in [0.25, 0.3) is 11.3 Å². The molecule has 6 nitrogen and oxygen atoms in total. The summed E-state index contributed by atoms with van der Waals surface area (Å²) in [5, 5.41) is 7.95. The maximum absolute atomic E-state index is 10.9. The van der Waals surface area contributed by atoms with Crippen molar-refractivity contribution in [1.82, 2.24) is 9.88 Å². The largest absolute Gasteiger partial charge is 0.497 e. The van der Waals surface area contributed by atoms with Crippen LogP contribution in [0.2, 0.25) is 0 Å². The van der Waals surface area contributed by atoms with Crippen molar-refractivity contribution in [2.24, 2.45) is 0 Å². The first kappa shape index (κ1) is 23.3. The SMILES string of the molecule is CCN(C=O)C(=N)CCCc1ccc(-c2ccc(NSc3ccc(OC)cc3)cn2)cc1. The first-order valence-electron chi connectivity index (χ1n) is 10.5. The van der Waals surface area contributed by atoms with E-state index in [1.165, 1.54) is 22.4 Å². The molecule has 0 atom stereocenters. The Labute approximate surface area is 193 Å². The van der Waals surface area contributed by atoms with Gasteiger partial charge in [0.1, 0.15) is 11.6 Å². The highest BCUT2D eigenvalue weighted by molar-refractivity contribution is 8.00. The molecule has 3 rings (SSSR count). The third-order valence-corrected chi connectivity index (χ3v) is 5.90. The minimum Gasteiger partial charge on any atom is -0.497 e. The lowest BCUT2D eigenvalue weighted by molar-refractivity contribution is -0.114. The number of nitrogens with zero attached hydrogens (tertiary/aromatic N) is 2. The van der Waals surface area contributed by atoms with Gasteiger partial charge in [-0.3, -0.25) is 15.2 Å². The van der Waals surface area contributed by atoms with Gasteiger partial charge >= 0.3 is 0 Å². The van der Waals surface area contributed by atoms with E-state index in [2.05, 4.69) is 34.0 Å². The summed E-state index contributed by atoms with van der Waals surface area (Å²) in [6.07, 6.45) is 4.87. The number of aryl methyl sites for hydroxylation is 1. The lowest BCUT2D eigenvalue weighted by Gasteiger charge is -2.15. The molecule has 166 valence electrons. The molecule has 7 heteroatoms. The van der Waals surface area contributed by atoms with Crippen LogP contribution in [0, 0.1) is 5.41 Å². The van der Waals surface area contributed by atoms with Gasteiger partial charge in [-0.1, -0.05) is 24.3 Å². The number of methoxy groups -OCH3 is 1. The number of hydrogen-bond donors (Lipinski definition) is 2. The number of aromatic nitrogens is 1. The number of rotatable bonds is 11. The molecule has 32 heavy (non-hydrogen) atoms. The van der Waals surface area contributed by atoms with Gasteiger partial charge < -0.3 is 14.4 Å². The first-order chi connectivity index (χ1) is 15.6.